The minimum absolute atomic E-state index is 0.130. The van der Waals surface area contributed by atoms with Gasteiger partial charge in [-0.25, -0.2) is 15.4 Å². The standard InChI is InChI=1S/C27H20N4O2/c32-25-13-7-6-12-21(25)24-16-23(19-9-2-1-3-10-19)29-27(30-24)31-28-17-22-20-11-5-4-8-18(20)14-15-26(22)33/h1-17,32-33H,(H,29,30,31)/b28-17+. The Morgan fingerprint density at radius 3 is 2.27 bits per heavy atom. The molecule has 0 spiro atoms. The van der Waals surface area contributed by atoms with E-state index in [1.54, 1.807) is 30.5 Å². The van der Waals surface area contributed by atoms with E-state index in [4.69, 9.17) is 0 Å². The van der Waals surface area contributed by atoms with Crippen molar-refractivity contribution in [1.82, 2.24) is 9.97 Å². The molecule has 0 aliphatic rings. The van der Waals surface area contributed by atoms with Gasteiger partial charge in [0.15, 0.2) is 0 Å². The number of hydrogen-bond acceptors (Lipinski definition) is 6. The monoisotopic (exact) mass is 432 g/mol. The molecule has 0 saturated carbocycles. The molecule has 0 unspecified atom stereocenters. The Labute approximate surface area is 190 Å². The van der Waals surface area contributed by atoms with Crippen LogP contribution in [0.3, 0.4) is 0 Å². The lowest BCUT2D eigenvalue weighted by molar-refractivity contribution is 0.475. The summed E-state index contributed by atoms with van der Waals surface area (Å²) in [6.07, 6.45) is 1.55. The zero-order chi connectivity index (χ0) is 22.6. The summed E-state index contributed by atoms with van der Waals surface area (Å²) in [5, 5.41) is 26.9. The van der Waals surface area contributed by atoms with Crippen molar-refractivity contribution in [2.24, 2.45) is 5.10 Å². The van der Waals surface area contributed by atoms with Gasteiger partial charge in [-0.3, -0.25) is 0 Å². The normalized spacial score (nSPS) is 11.2. The molecule has 160 valence electrons. The van der Waals surface area contributed by atoms with Crippen LogP contribution in [-0.4, -0.2) is 26.4 Å². The lowest BCUT2D eigenvalue weighted by atomic mass is 10.0. The zero-order valence-corrected chi connectivity index (χ0v) is 17.6. The van der Waals surface area contributed by atoms with Crippen LogP contribution in [0.25, 0.3) is 33.3 Å². The Kier molecular flexibility index (Phi) is 5.39. The van der Waals surface area contributed by atoms with E-state index in [1.165, 1.54) is 0 Å². The second-order valence-electron chi connectivity index (χ2n) is 7.43. The molecule has 33 heavy (non-hydrogen) atoms. The topological polar surface area (TPSA) is 90.6 Å². The highest BCUT2D eigenvalue weighted by molar-refractivity contribution is 6.02. The third-order valence-corrected chi connectivity index (χ3v) is 5.28. The minimum Gasteiger partial charge on any atom is -0.507 e. The number of phenols is 2. The SMILES string of the molecule is Oc1ccccc1-c1cc(-c2ccccc2)nc(N/N=C/c2c(O)ccc3ccccc23)n1. The number of hydrazone groups is 1. The van der Waals surface area contributed by atoms with Crippen LogP contribution < -0.4 is 5.43 Å². The van der Waals surface area contributed by atoms with Gasteiger partial charge in [0, 0.05) is 16.7 Å². The third kappa shape index (κ3) is 4.22. The molecule has 0 amide bonds. The Balaban J connectivity index is 1.54. The number of phenolic OH excluding ortho intramolecular Hbond substituents is 2. The Morgan fingerprint density at radius 2 is 1.42 bits per heavy atom. The van der Waals surface area contributed by atoms with E-state index in [1.807, 2.05) is 72.8 Å². The average molecular weight is 432 g/mol. The van der Waals surface area contributed by atoms with E-state index in [-0.39, 0.29) is 17.4 Å². The summed E-state index contributed by atoms with van der Waals surface area (Å²) in [4.78, 5) is 9.14. The minimum atomic E-state index is 0.130. The highest BCUT2D eigenvalue weighted by Crippen LogP contribution is 2.31. The largest absolute Gasteiger partial charge is 0.507 e. The molecule has 6 nitrogen and oxygen atoms in total. The first kappa shape index (κ1) is 20.2. The first-order valence-corrected chi connectivity index (χ1v) is 10.4. The van der Waals surface area contributed by atoms with Crippen LogP contribution in [0, 0.1) is 0 Å². The molecule has 0 atom stereocenters. The van der Waals surface area contributed by atoms with Crippen LogP contribution in [0.2, 0.25) is 0 Å². The van der Waals surface area contributed by atoms with Gasteiger partial charge < -0.3 is 10.2 Å². The second-order valence-corrected chi connectivity index (χ2v) is 7.43. The molecule has 6 heteroatoms. The van der Waals surface area contributed by atoms with Gasteiger partial charge in [0.2, 0.25) is 5.95 Å². The third-order valence-electron chi connectivity index (χ3n) is 5.28. The van der Waals surface area contributed by atoms with Crippen LogP contribution >= 0.6 is 0 Å². The fraction of sp³-hybridized carbons (Fsp3) is 0. The van der Waals surface area contributed by atoms with E-state index in [9.17, 15) is 10.2 Å². The summed E-state index contributed by atoms with van der Waals surface area (Å²) in [5.74, 6) is 0.532. The molecule has 0 aliphatic carbocycles. The summed E-state index contributed by atoms with van der Waals surface area (Å²) in [5.41, 5.74) is 6.23. The lowest BCUT2D eigenvalue weighted by Gasteiger charge is -2.09. The van der Waals surface area contributed by atoms with E-state index < -0.39 is 0 Å². The van der Waals surface area contributed by atoms with Crippen molar-refractivity contribution in [3.63, 3.8) is 0 Å². The molecule has 0 bridgehead atoms. The molecule has 1 aromatic heterocycles. The molecule has 0 fully saturated rings. The summed E-state index contributed by atoms with van der Waals surface area (Å²) in [7, 11) is 0. The van der Waals surface area contributed by atoms with Gasteiger partial charge in [-0.1, -0.05) is 72.8 Å². The highest BCUT2D eigenvalue weighted by Gasteiger charge is 2.11. The molecule has 4 aromatic carbocycles. The number of benzene rings is 4. The number of para-hydroxylation sites is 1. The molecule has 5 rings (SSSR count). The predicted octanol–water partition coefficient (Wildman–Crippen LogP) is 5.82. The van der Waals surface area contributed by atoms with Gasteiger partial charge in [-0.15, -0.1) is 0 Å². The fourth-order valence-corrected chi connectivity index (χ4v) is 3.66. The van der Waals surface area contributed by atoms with Crippen molar-refractivity contribution >= 4 is 22.9 Å². The number of nitrogens with zero attached hydrogens (tertiary/aromatic N) is 3. The predicted molar refractivity (Wildman–Crippen MR) is 131 cm³/mol. The van der Waals surface area contributed by atoms with Gasteiger partial charge in [0.25, 0.3) is 0 Å². The maximum atomic E-state index is 10.3. The number of nitrogens with one attached hydrogen (secondary N) is 1. The summed E-state index contributed by atoms with van der Waals surface area (Å²) in [6, 6.07) is 29.8. The number of hydrogen-bond donors (Lipinski definition) is 3. The highest BCUT2D eigenvalue weighted by atomic mass is 16.3. The van der Waals surface area contributed by atoms with Gasteiger partial charge >= 0.3 is 0 Å². The van der Waals surface area contributed by atoms with Crippen molar-refractivity contribution in [3.05, 3.63) is 103 Å². The quantitative estimate of drug-likeness (QED) is 0.240. The first-order valence-electron chi connectivity index (χ1n) is 10.4. The van der Waals surface area contributed by atoms with Gasteiger partial charge in [0.1, 0.15) is 11.5 Å². The van der Waals surface area contributed by atoms with Crippen molar-refractivity contribution in [3.8, 4) is 34.0 Å². The summed E-state index contributed by atoms with van der Waals surface area (Å²) >= 11 is 0. The molecular formula is C27H20N4O2. The van der Waals surface area contributed by atoms with E-state index in [2.05, 4.69) is 20.5 Å². The Morgan fingerprint density at radius 1 is 0.697 bits per heavy atom. The fourth-order valence-electron chi connectivity index (χ4n) is 3.66. The Hall–Kier alpha value is -4.71. The van der Waals surface area contributed by atoms with E-state index >= 15 is 0 Å². The number of aromatic hydroxyl groups is 2. The molecule has 5 aromatic rings. The van der Waals surface area contributed by atoms with Crippen LogP contribution in [0.5, 0.6) is 11.5 Å². The number of fused-ring (bicyclic) bond motifs is 1. The maximum absolute atomic E-state index is 10.3. The lowest BCUT2D eigenvalue weighted by Crippen LogP contribution is -2.00. The molecule has 0 aliphatic heterocycles. The van der Waals surface area contributed by atoms with E-state index in [0.29, 0.717) is 22.5 Å². The molecular weight excluding hydrogens is 412 g/mol. The molecule has 0 saturated heterocycles. The first-order chi connectivity index (χ1) is 16.2. The number of anilines is 1. The molecule has 3 N–H and O–H groups in total. The number of aromatic nitrogens is 2. The van der Waals surface area contributed by atoms with Crippen molar-refractivity contribution in [1.29, 1.82) is 0 Å². The molecule has 0 radical (unpaired) electrons. The van der Waals surface area contributed by atoms with Crippen LogP contribution in [0.15, 0.2) is 102 Å². The number of rotatable bonds is 5. The van der Waals surface area contributed by atoms with Gasteiger partial charge in [0.05, 0.1) is 17.6 Å². The van der Waals surface area contributed by atoms with Crippen molar-refractivity contribution in [2.75, 3.05) is 5.43 Å². The summed E-state index contributed by atoms with van der Waals surface area (Å²) in [6.45, 7) is 0. The van der Waals surface area contributed by atoms with E-state index in [0.717, 1.165) is 16.3 Å². The van der Waals surface area contributed by atoms with Crippen molar-refractivity contribution in [2.45, 2.75) is 0 Å². The van der Waals surface area contributed by atoms with Gasteiger partial charge in [-0.2, -0.15) is 5.10 Å². The average Bonchev–Trinajstić information content (AvgIpc) is 2.86. The molecule has 1 heterocycles. The van der Waals surface area contributed by atoms with Gasteiger partial charge in [-0.05, 0) is 35.0 Å². The van der Waals surface area contributed by atoms with Crippen molar-refractivity contribution < 1.29 is 10.2 Å². The Bertz CT molecular complexity index is 1470. The smallest absolute Gasteiger partial charge is 0.244 e. The van der Waals surface area contributed by atoms with Crippen LogP contribution in [-0.2, 0) is 0 Å². The maximum Gasteiger partial charge on any atom is 0.244 e. The summed E-state index contributed by atoms with van der Waals surface area (Å²) < 4.78 is 0. The van der Waals surface area contributed by atoms with Crippen LogP contribution in [0.4, 0.5) is 5.95 Å². The second kappa shape index (κ2) is 8.80. The zero-order valence-electron chi connectivity index (χ0n) is 17.6. The van der Waals surface area contributed by atoms with Crippen LogP contribution in [0.1, 0.15) is 5.56 Å².